The first-order chi connectivity index (χ1) is 4.33. The van der Waals surface area contributed by atoms with Gasteiger partial charge in [0.1, 0.15) is 0 Å². The first kappa shape index (κ1) is 7.81. The van der Waals surface area contributed by atoms with Crippen LogP contribution in [0.15, 0.2) is 9.72 Å². The Morgan fingerprint density at radius 1 is 1.89 bits per heavy atom. The second-order valence-corrected chi connectivity index (χ2v) is 5.39. The van der Waals surface area contributed by atoms with E-state index in [1.165, 1.54) is 4.34 Å². The van der Waals surface area contributed by atoms with Crippen molar-refractivity contribution in [3.63, 3.8) is 0 Å². The number of alkyl halides is 1. The Balaban J connectivity index is 2.61. The largest absolute Gasteiger partial charge is 0.235 e. The molecule has 0 atom stereocenters. The number of nitrogens with zero attached hydrogens (tertiary/aromatic N) is 1. The molecule has 0 saturated heterocycles. The molecular formula is C5H6INS2. The first-order valence-corrected chi connectivity index (χ1v) is 5.83. The van der Waals surface area contributed by atoms with Crippen molar-refractivity contribution in [2.24, 2.45) is 0 Å². The van der Waals surface area contributed by atoms with Crippen LogP contribution >= 0.6 is 45.7 Å². The lowest BCUT2D eigenvalue weighted by Gasteiger charge is -1.84. The van der Waals surface area contributed by atoms with Gasteiger partial charge in [-0.15, -0.1) is 11.3 Å². The molecule has 0 radical (unpaired) electrons. The zero-order valence-electron chi connectivity index (χ0n) is 4.93. The summed E-state index contributed by atoms with van der Waals surface area (Å²) in [6, 6.07) is 0. The minimum atomic E-state index is 1.09. The molecule has 0 fully saturated rings. The molecule has 0 aromatic carbocycles. The molecule has 0 aliphatic carbocycles. The number of rotatable bonds is 2. The number of aromatic nitrogens is 1. The van der Waals surface area contributed by atoms with E-state index in [0.29, 0.717) is 0 Å². The van der Waals surface area contributed by atoms with E-state index in [1.807, 2.05) is 6.92 Å². The predicted molar refractivity (Wildman–Crippen MR) is 51.6 cm³/mol. The van der Waals surface area contributed by atoms with E-state index in [1.54, 1.807) is 23.1 Å². The topological polar surface area (TPSA) is 12.9 Å². The lowest BCUT2D eigenvalue weighted by molar-refractivity contribution is 1.16. The molecular weight excluding hydrogens is 265 g/mol. The van der Waals surface area contributed by atoms with Gasteiger partial charge in [-0.05, 0) is 6.92 Å². The van der Waals surface area contributed by atoms with Crippen LogP contribution in [0.1, 0.15) is 5.69 Å². The summed E-state index contributed by atoms with van der Waals surface area (Å²) in [5.74, 6) is 0. The third-order valence-corrected chi connectivity index (χ3v) is 3.55. The van der Waals surface area contributed by atoms with Gasteiger partial charge >= 0.3 is 0 Å². The van der Waals surface area contributed by atoms with Crippen LogP contribution in [0.2, 0.25) is 0 Å². The first-order valence-electron chi connectivity index (χ1n) is 2.44. The van der Waals surface area contributed by atoms with E-state index in [4.69, 9.17) is 0 Å². The molecule has 50 valence electrons. The number of hydrogen-bond donors (Lipinski definition) is 0. The number of aryl methyl sites for hydroxylation is 1. The van der Waals surface area contributed by atoms with Gasteiger partial charge in [0, 0.05) is 11.1 Å². The van der Waals surface area contributed by atoms with E-state index >= 15 is 0 Å². The van der Waals surface area contributed by atoms with Crippen LogP contribution in [0, 0.1) is 6.92 Å². The monoisotopic (exact) mass is 271 g/mol. The molecule has 9 heavy (non-hydrogen) atoms. The predicted octanol–water partition coefficient (Wildman–Crippen LogP) is 2.94. The third kappa shape index (κ3) is 2.43. The average molecular weight is 271 g/mol. The summed E-state index contributed by atoms with van der Waals surface area (Å²) in [5, 5.41) is 2.08. The fraction of sp³-hybridized carbons (Fsp3) is 0.400. The molecule has 1 rings (SSSR count). The van der Waals surface area contributed by atoms with Crippen molar-refractivity contribution in [3.05, 3.63) is 11.1 Å². The van der Waals surface area contributed by atoms with Crippen molar-refractivity contribution < 1.29 is 0 Å². The summed E-state index contributed by atoms with van der Waals surface area (Å²) in [6.45, 7) is 2.02. The van der Waals surface area contributed by atoms with Gasteiger partial charge < -0.3 is 0 Å². The molecule has 0 aliphatic heterocycles. The minimum absolute atomic E-state index is 1.09. The SMILES string of the molecule is Cc1csc(SCI)n1. The van der Waals surface area contributed by atoms with Crippen LogP contribution in [0.25, 0.3) is 0 Å². The summed E-state index contributed by atoms with van der Waals surface area (Å²) in [4.78, 5) is 4.28. The molecule has 1 aromatic rings. The van der Waals surface area contributed by atoms with Gasteiger partial charge in [-0.25, -0.2) is 4.98 Å². The molecule has 1 aromatic heterocycles. The van der Waals surface area contributed by atoms with Gasteiger partial charge in [-0.2, -0.15) is 0 Å². The Morgan fingerprint density at radius 2 is 2.67 bits per heavy atom. The minimum Gasteiger partial charge on any atom is -0.235 e. The van der Waals surface area contributed by atoms with E-state index in [9.17, 15) is 0 Å². The Bertz CT molecular complexity index is 187. The van der Waals surface area contributed by atoms with Gasteiger partial charge in [-0.1, -0.05) is 34.4 Å². The highest BCUT2D eigenvalue weighted by molar-refractivity contribution is 14.1. The molecule has 4 heteroatoms. The third-order valence-electron chi connectivity index (χ3n) is 0.776. The summed E-state index contributed by atoms with van der Waals surface area (Å²) < 4.78 is 2.27. The highest BCUT2D eigenvalue weighted by Gasteiger charge is 1.95. The van der Waals surface area contributed by atoms with E-state index < -0.39 is 0 Å². The smallest absolute Gasteiger partial charge is 0.150 e. The number of thioether (sulfide) groups is 1. The molecule has 0 N–H and O–H groups in total. The summed E-state index contributed by atoms with van der Waals surface area (Å²) in [7, 11) is 0. The van der Waals surface area contributed by atoms with Crippen molar-refractivity contribution in [1.29, 1.82) is 0 Å². The Morgan fingerprint density at radius 3 is 3.11 bits per heavy atom. The molecule has 0 bridgehead atoms. The Labute approximate surface area is 76.4 Å². The van der Waals surface area contributed by atoms with Crippen molar-refractivity contribution in [2.45, 2.75) is 11.3 Å². The average Bonchev–Trinajstić information content (AvgIpc) is 2.17. The normalized spacial score (nSPS) is 10.0. The molecule has 0 unspecified atom stereocenters. The summed E-state index contributed by atoms with van der Waals surface area (Å²) in [6.07, 6.45) is 0. The Kier molecular flexibility index (Phi) is 3.28. The fourth-order valence-corrected chi connectivity index (χ4v) is 3.38. The van der Waals surface area contributed by atoms with Crippen LogP contribution in [0.4, 0.5) is 0 Å². The Hall–Kier alpha value is 0.710. The van der Waals surface area contributed by atoms with Crippen molar-refractivity contribution >= 4 is 45.7 Å². The standard InChI is InChI=1S/C5H6INS2/c1-4-2-8-5(7-4)9-3-6/h2H,3H2,1H3. The van der Waals surface area contributed by atoms with Crippen LogP contribution in [0.5, 0.6) is 0 Å². The highest BCUT2D eigenvalue weighted by atomic mass is 127. The quantitative estimate of drug-likeness (QED) is 0.466. The zero-order chi connectivity index (χ0) is 6.69. The van der Waals surface area contributed by atoms with Crippen LogP contribution in [-0.4, -0.2) is 8.74 Å². The number of halogens is 1. The molecule has 0 amide bonds. The maximum absolute atomic E-state index is 4.28. The van der Waals surface area contributed by atoms with Crippen molar-refractivity contribution in [2.75, 3.05) is 3.76 Å². The highest BCUT2D eigenvalue weighted by Crippen LogP contribution is 2.23. The number of thiazole rings is 1. The van der Waals surface area contributed by atoms with E-state index in [0.717, 1.165) is 9.45 Å². The fourth-order valence-electron chi connectivity index (χ4n) is 0.445. The summed E-state index contributed by atoms with van der Waals surface area (Å²) >= 11 is 5.84. The second-order valence-electron chi connectivity index (χ2n) is 1.51. The van der Waals surface area contributed by atoms with Gasteiger partial charge in [-0.3, -0.25) is 0 Å². The lowest BCUT2D eigenvalue weighted by Crippen LogP contribution is -1.68. The van der Waals surface area contributed by atoms with Gasteiger partial charge in [0.05, 0.1) is 3.76 Å². The van der Waals surface area contributed by atoms with E-state index in [-0.39, 0.29) is 0 Å². The molecule has 0 aliphatic rings. The van der Waals surface area contributed by atoms with Gasteiger partial charge in [0.2, 0.25) is 0 Å². The van der Waals surface area contributed by atoms with Crippen molar-refractivity contribution in [3.8, 4) is 0 Å². The van der Waals surface area contributed by atoms with Crippen LogP contribution < -0.4 is 0 Å². The lowest BCUT2D eigenvalue weighted by atomic mass is 10.6. The van der Waals surface area contributed by atoms with Crippen LogP contribution in [-0.2, 0) is 0 Å². The maximum atomic E-state index is 4.28. The molecule has 1 heterocycles. The maximum Gasteiger partial charge on any atom is 0.150 e. The van der Waals surface area contributed by atoms with Gasteiger partial charge in [0.15, 0.2) is 4.34 Å². The molecule has 0 spiro atoms. The summed E-state index contributed by atoms with van der Waals surface area (Å²) in [5.41, 5.74) is 1.13. The van der Waals surface area contributed by atoms with Crippen LogP contribution in [0.3, 0.4) is 0 Å². The van der Waals surface area contributed by atoms with Gasteiger partial charge in [0.25, 0.3) is 0 Å². The van der Waals surface area contributed by atoms with Crippen molar-refractivity contribution in [1.82, 2.24) is 4.98 Å². The number of hydrogen-bond acceptors (Lipinski definition) is 3. The zero-order valence-corrected chi connectivity index (χ0v) is 8.72. The second kappa shape index (κ2) is 3.78. The van der Waals surface area contributed by atoms with E-state index in [2.05, 4.69) is 33.0 Å². The molecule has 0 saturated carbocycles. The molecule has 1 nitrogen and oxygen atoms in total.